The van der Waals surface area contributed by atoms with Gasteiger partial charge >= 0.3 is 0 Å². The van der Waals surface area contributed by atoms with Crippen LogP contribution in [0, 0.1) is 0 Å². The van der Waals surface area contributed by atoms with E-state index in [1.165, 1.54) is 0 Å². The van der Waals surface area contributed by atoms with Gasteiger partial charge in [0, 0.05) is 19.1 Å². The number of fused-ring (bicyclic) bond motifs is 1. The van der Waals surface area contributed by atoms with Gasteiger partial charge in [-0.15, -0.1) is 0 Å². The van der Waals surface area contributed by atoms with Crippen molar-refractivity contribution in [3.05, 3.63) is 42.0 Å². The summed E-state index contributed by atoms with van der Waals surface area (Å²) in [5, 5.41) is 4.91. The molecule has 1 aliphatic heterocycles. The summed E-state index contributed by atoms with van der Waals surface area (Å²) in [6, 6.07) is 11.2. The van der Waals surface area contributed by atoms with Gasteiger partial charge in [0.2, 0.25) is 11.8 Å². The second-order valence-corrected chi connectivity index (χ2v) is 7.09. The van der Waals surface area contributed by atoms with Crippen LogP contribution in [0.2, 0.25) is 0 Å². The fraction of sp³-hybridized carbons (Fsp3) is 0.429. The van der Waals surface area contributed by atoms with Crippen molar-refractivity contribution in [1.29, 1.82) is 0 Å². The first-order valence-corrected chi connectivity index (χ1v) is 9.36. The Morgan fingerprint density at radius 3 is 2.67 bits per heavy atom. The molecule has 2 amide bonds. The summed E-state index contributed by atoms with van der Waals surface area (Å²) in [6.45, 7) is 4.70. The molecule has 3 rings (SSSR count). The number of nitrogens with two attached hydrogens (primary N) is 1. The van der Waals surface area contributed by atoms with Crippen molar-refractivity contribution < 1.29 is 14.3 Å². The highest BCUT2D eigenvalue weighted by atomic mass is 16.5. The van der Waals surface area contributed by atoms with E-state index in [-0.39, 0.29) is 23.8 Å². The second-order valence-electron chi connectivity index (χ2n) is 7.09. The maximum absolute atomic E-state index is 13.1. The molecule has 6 heteroatoms. The minimum Gasteiger partial charge on any atom is -0.497 e. The number of likely N-dealkylation sites (N-methyl/N-ethyl adjacent to an activating group) is 1. The van der Waals surface area contributed by atoms with Crippen molar-refractivity contribution in [3.63, 3.8) is 0 Å². The van der Waals surface area contributed by atoms with Crippen molar-refractivity contribution in [3.8, 4) is 5.75 Å². The zero-order valence-electron chi connectivity index (χ0n) is 16.1. The monoisotopic (exact) mass is 369 g/mol. The lowest BCUT2D eigenvalue weighted by Crippen LogP contribution is -2.47. The van der Waals surface area contributed by atoms with E-state index in [0.29, 0.717) is 19.5 Å². The number of hydrogen-bond acceptors (Lipinski definition) is 4. The largest absolute Gasteiger partial charge is 0.497 e. The number of hydrogen-bond donors (Lipinski definition) is 2. The number of amides is 2. The predicted octanol–water partition coefficient (Wildman–Crippen LogP) is 2.02. The number of nitrogens with one attached hydrogen (secondary N) is 1. The Bertz CT molecular complexity index is 852. The molecule has 2 aromatic carbocycles. The van der Waals surface area contributed by atoms with Gasteiger partial charge in [-0.3, -0.25) is 9.59 Å². The Balaban J connectivity index is 1.83. The Morgan fingerprint density at radius 2 is 1.96 bits per heavy atom. The summed E-state index contributed by atoms with van der Waals surface area (Å²) in [5.41, 5.74) is 6.97. The first-order chi connectivity index (χ1) is 12.9. The number of rotatable bonds is 5. The highest BCUT2D eigenvalue weighted by molar-refractivity contribution is 5.92. The van der Waals surface area contributed by atoms with E-state index in [1.54, 1.807) is 12.0 Å². The fourth-order valence-electron chi connectivity index (χ4n) is 3.68. The van der Waals surface area contributed by atoms with Gasteiger partial charge in [0.1, 0.15) is 11.8 Å². The van der Waals surface area contributed by atoms with E-state index in [4.69, 9.17) is 10.5 Å². The van der Waals surface area contributed by atoms with Gasteiger partial charge in [0.15, 0.2) is 0 Å². The number of carbonyl (C=O) groups excluding carboxylic acids is 2. The fourth-order valence-corrected chi connectivity index (χ4v) is 3.68. The molecule has 0 spiro atoms. The molecule has 6 nitrogen and oxygen atoms in total. The summed E-state index contributed by atoms with van der Waals surface area (Å²) in [4.78, 5) is 27.1. The minimum absolute atomic E-state index is 0.0629. The van der Waals surface area contributed by atoms with Crippen molar-refractivity contribution in [2.45, 2.75) is 38.3 Å². The minimum atomic E-state index is -0.486. The van der Waals surface area contributed by atoms with Crippen LogP contribution in [-0.4, -0.2) is 49.0 Å². The van der Waals surface area contributed by atoms with Crippen LogP contribution in [-0.2, 0) is 9.59 Å². The lowest BCUT2D eigenvalue weighted by molar-refractivity contribution is -0.139. The van der Waals surface area contributed by atoms with E-state index in [9.17, 15) is 9.59 Å². The number of nitrogens with zero attached hydrogens (tertiary/aromatic N) is 1. The maximum atomic E-state index is 13.1. The van der Waals surface area contributed by atoms with Gasteiger partial charge in [0.05, 0.1) is 13.0 Å². The molecule has 1 aliphatic rings. The molecule has 144 valence electrons. The van der Waals surface area contributed by atoms with Gasteiger partial charge in [-0.1, -0.05) is 24.3 Å². The van der Waals surface area contributed by atoms with Crippen LogP contribution in [0.15, 0.2) is 36.4 Å². The van der Waals surface area contributed by atoms with Crippen LogP contribution in [0.3, 0.4) is 0 Å². The molecule has 0 radical (unpaired) electrons. The van der Waals surface area contributed by atoms with Crippen molar-refractivity contribution >= 4 is 22.6 Å². The lowest BCUT2D eigenvalue weighted by atomic mass is 9.96. The van der Waals surface area contributed by atoms with Crippen molar-refractivity contribution in [2.75, 3.05) is 20.2 Å². The number of ether oxygens (including phenoxy) is 1. The third-order valence-electron chi connectivity index (χ3n) is 5.21. The number of carbonyl (C=O) groups is 2. The normalized spacial score (nSPS) is 20.5. The van der Waals surface area contributed by atoms with E-state index >= 15 is 0 Å². The summed E-state index contributed by atoms with van der Waals surface area (Å²) in [6.07, 6.45) is 0.502. The molecule has 1 fully saturated rings. The summed E-state index contributed by atoms with van der Waals surface area (Å²) in [5.74, 6) is 0.262. The van der Waals surface area contributed by atoms with E-state index in [0.717, 1.165) is 22.1 Å². The molecule has 1 saturated heterocycles. The standard InChI is InChI=1S/C21H27N3O3/c1-4-23-20(25)19-11-17(22)12-24(19)21(26)13(2)14-5-6-16-10-18(27-3)8-7-15(16)9-14/h5-10,13,17,19H,4,11-12,22H2,1-3H3,(H,23,25)/t13-,17+,19-/m0/s1. The molecule has 0 aromatic heterocycles. The molecule has 0 bridgehead atoms. The van der Waals surface area contributed by atoms with E-state index in [1.807, 2.05) is 50.2 Å². The van der Waals surface area contributed by atoms with Gasteiger partial charge in [-0.2, -0.15) is 0 Å². The molecule has 2 aromatic rings. The lowest BCUT2D eigenvalue weighted by Gasteiger charge is -2.27. The van der Waals surface area contributed by atoms with Crippen LogP contribution in [0.5, 0.6) is 5.75 Å². The Hall–Kier alpha value is -2.60. The quantitative estimate of drug-likeness (QED) is 0.844. The van der Waals surface area contributed by atoms with E-state index in [2.05, 4.69) is 5.32 Å². The molecule has 27 heavy (non-hydrogen) atoms. The molecule has 0 saturated carbocycles. The Labute approximate surface area is 159 Å². The Morgan fingerprint density at radius 1 is 1.26 bits per heavy atom. The molecule has 3 atom stereocenters. The average Bonchev–Trinajstić information content (AvgIpc) is 3.08. The van der Waals surface area contributed by atoms with Crippen molar-refractivity contribution in [2.24, 2.45) is 5.73 Å². The summed E-state index contributed by atoms with van der Waals surface area (Å²) in [7, 11) is 1.64. The Kier molecular flexibility index (Phi) is 5.65. The smallest absolute Gasteiger partial charge is 0.242 e. The zero-order valence-corrected chi connectivity index (χ0v) is 16.1. The highest BCUT2D eigenvalue weighted by Gasteiger charge is 2.39. The van der Waals surface area contributed by atoms with Crippen LogP contribution < -0.4 is 15.8 Å². The third-order valence-corrected chi connectivity index (χ3v) is 5.21. The van der Waals surface area contributed by atoms with Gasteiger partial charge in [0.25, 0.3) is 0 Å². The van der Waals surface area contributed by atoms with Gasteiger partial charge < -0.3 is 20.7 Å². The zero-order chi connectivity index (χ0) is 19.6. The van der Waals surface area contributed by atoms with Crippen LogP contribution in [0.25, 0.3) is 10.8 Å². The number of likely N-dealkylation sites (tertiary alicyclic amines) is 1. The molecule has 1 heterocycles. The van der Waals surface area contributed by atoms with E-state index < -0.39 is 6.04 Å². The van der Waals surface area contributed by atoms with Crippen LogP contribution >= 0.6 is 0 Å². The highest BCUT2D eigenvalue weighted by Crippen LogP contribution is 2.28. The summed E-state index contributed by atoms with van der Waals surface area (Å²) < 4.78 is 5.26. The predicted molar refractivity (Wildman–Crippen MR) is 106 cm³/mol. The maximum Gasteiger partial charge on any atom is 0.242 e. The number of methoxy groups -OCH3 is 1. The molecule has 3 N–H and O–H groups in total. The average molecular weight is 369 g/mol. The first-order valence-electron chi connectivity index (χ1n) is 9.36. The van der Waals surface area contributed by atoms with Crippen LogP contribution in [0.4, 0.5) is 0 Å². The van der Waals surface area contributed by atoms with Gasteiger partial charge in [-0.05, 0) is 48.7 Å². The summed E-state index contributed by atoms with van der Waals surface area (Å²) >= 11 is 0. The molecule has 0 aliphatic carbocycles. The SMILES string of the molecule is CCNC(=O)[C@@H]1C[C@@H](N)CN1C(=O)[C@@H](C)c1ccc2cc(OC)ccc2c1. The van der Waals surface area contributed by atoms with Crippen molar-refractivity contribution in [1.82, 2.24) is 10.2 Å². The molecule has 0 unspecified atom stereocenters. The molecular formula is C21H27N3O3. The molecular weight excluding hydrogens is 342 g/mol. The van der Waals surface area contributed by atoms with Gasteiger partial charge in [-0.25, -0.2) is 0 Å². The third kappa shape index (κ3) is 3.90. The topological polar surface area (TPSA) is 84.7 Å². The first kappa shape index (κ1) is 19.2. The second kappa shape index (κ2) is 7.96. The van der Waals surface area contributed by atoms with Crippen LogP contribution in [0.1, 0.15) is 31.7 Å². The number of benzene rings is 2.